The fraction of sp³-hybridized carbons (Fsp3) is 0.319. The third kappa shape index (κ3) is 8.36. The van der Waals surface area contributed by atoms with Crippen LogP contribution < -0.4 is 4.74 Å². The molecule has 3 heterocycles. The second-order valence-electron chi connectivity index (χ2n) is 15.2. The van der Waals surface area contributed by atoms with Crippen molar-refractivity contribution in [2.24, 2.45) is 11.8 Å². The standard InChI is InChI=1S/C47H50N4O.Pt/c1-31(2)13-11-14-33(5)38-21-24-44-43(28-38)42-23-22-41(30-45(42)50(44)46-27-36(25-26-48-46)20-19-32(3)4)52-40-18-12-17-39(29-40)51-35(7)47(34(6)49-51)37-15-9-8-10-16-37;/h8-10,12,15-18,21-28,31-33H,11,13-14,19-20H2,1-7H3;/q-2;+2. The monoisotopic (exact) mass is 881 g/mol. The van der Waals surface area contributed by atoms with Crippen LogP contribution in [-0.4, -0.2) is 19.3 Å². The van der Waals surface area contributed by atoms with Gasteiger partial charge in [0.1, 0.15) is 5.82 Å². The van der Waals surface area contributed by atoms with Crippen LogP contribution in [0.15, 0.2) is 97.2 Å². The largest absolute Gasteiger partial charge is 2.00 e. The SMILES string of the molecule is Cc1nn(-c2[c-]c(Oc3[c-]c4c(cc3)c3cc(C(C)CCCC(C)C)ccc3n4-c3cc(CCC(C)C)ccn3)ccc2)c(C)c1-c1ccccc1.[Pt+2]. The predicted octanol–water partition coefficient (Wildman–Crippen LogP) is 12.6. The van der Waals surface area contributed by atoms with Crippen LogP contribution in [0.4, 0.5) is 0 Å². The molecule has 4 aromatic carbocycles. The third-order valence-corrected chi connectivity index (χ3v) is 10.3. The Morgan fingerprint density at radius 1 is 0.736 bits per heavy atom. The average Bonchev–Trinajstić information content (AvgIpc) is 3.63. The Morgan fingerprint density at radius 2 is 1.51 bits per heavy atom. The zero-order chi connectivity index (χ0) is 36.4. The molecule has 7 rings (SSSR count). The van der Waals surface area contributed by atoms with E-state index in [4.69, 9.17) is 14.8 Å². The Kier molecular flexibility index (Phi) is 12.0. The number of fused-ring (bicyclic) bond motifs is 3. The summed E-state index contributed by atoms with van der Waals surface area (Å²) in [6.07, 6.45) is 7.79. The van der Waals surface area contributed by atoms with Crippen LogP contribution in [0.25, 0.3) is 44.4 Å². The van der Waals surface area contributed by atoms with Crippen LogP contribution >= 0.6 is 0 Å². The first-order chi connectivity index (χ1) is 25.2. The van der Waals surface area contributed by atoms with Crippen LogP contribution in [0.1, 0.15) is 88.7 Å². The van der Waals surface area contributed by atoms with E-state index in [1.807, 2.05) is 41.2 Å². The molecule has 1 atom stereocenters. The zero-order valence-corrected chi connectivity index (χ0v) is 34.3. The summed E-state index contributed by atoms with van der Waals surface area (Å²) in [5.41, 5.74) is 9.91. The first-order valence-corrected chi connectivity index (χ1v) is 18.9. The maximum Gasteiger partial charge on any atom is 2.00 e. The summed E-state index contributed by atoms with van der Waals surface area (Å²) in [4.78, 5) is 4.91. The van der Waals surface area contributed by atoms with Gasteiger partial charge in [-0.05, 0) is 96.8 Å². The van der Waals surface area contributed by atoms with E-state index in [0.29, 0.717) is 23.3 Å². The molecule has 3 aromatic heterocycles. The molecule has 7 aromatic rings. The molecular formula is C47H50N4OPt. The summed E-state index contributed by atoms with van der Waals surface area (Å²) >= 11 is 0. The van der Waals surface area contributed by atoms with Gasteiger partial charge in [-0.2, -0.15) is 17.2 Å². The fourth-order valence-corrected chi connectivity index (χ4v) is 7.38. The molecule has 6 heteroatoms. The number of aromatic nitrogens is 4. The van der Waals surface area contributed by atoms with Crippen molar-refractivity contribution in [1.82, 2.24) is 19.3 Å². The molecule has 5 nitrogen and oxygen atoms in total. The summed E-state index contributed by atoms with van der Waals surface area (Å²) in [6.45, 7) is 15.7. The molecule has 0 radical (unpaired) electrons. The third-order valence-electron chi connectivity index (χ3n) is 10.3. The van der Waals surface area contributed by atoms with Crippen molar-refractivity contribution in [3.05, 3.63) is 132 Å². The average molecular weight is 882 g/mol. The molecule has 0 amide bonds. The van der Waals surface area contributed by atoms with E-state index in [-0.39, 0.29) is 21.1 Å². The Labute approximate surface area is 329 Å². The minimum atomic E-state index is 0. The number of ether oxygens (including phenoxy) is 1. The van der Waals surface area contributed by atoms with Gasteiger partial charge in [-0.3, -0.25) is 4.68 Å². The van der Waals surface area contributed by atoms with Gasteiger partial charge in [0, 0.05) is 34.5 Å². The Balaban J connectivity index is 0.00000481. The quantitative estimate of drug-likeness (QED) is 0.108. The zero-order valence-electron chi connectivity index (χ0n) is 32.0. The van der Waals surface area contributed by atoms with Crippen LogP contribution in [0.2, 0.25) is 0 Å². The van der Waals surface area contributed by atoms with Crippen molar-refractivity contribution in [2.45, 2.75) is 86.5 Å². The Hall–Kier alpha value is -4.47. The topological polar surface area (TPSA) is 44.9 Å². The summed E-state index contributed by atoms with van der Waals surface area (Å²) in [5, 5.41) is 7.26. The van der Waals surface area contributed by atoms with Gasteiger partial charge in [0.2, 0.25) is 0 Å². The summed E-state index contributed by atoms with van der Waals surface area (Å²) in [5.74, 6) is 3.99. The van der Waals surface area contributed by atoms with Gasteiger partial charge in [0.15, 0.2) is 0 Å². The van der Waals surface area contributed by atoms with E-state index in [9.17, 15) is 0 Å². The number of hydrogen-bond acceptors (Lipinski definition) is 3. The maximum absolute atomic E-state index is 6.53. The number of hydrogen-bond donors (Lipinski definition) is 0. The van der Waals surface area contributed by atoms with Gasteiger partial charge in [0.05, 0.1) is 5.69 Å². The van der Waals surface area contributed by atoms with Gasteiger partial charge in [0.25, 0.3) is 0 Å². The van der Waals surface area contributed by atoms with Gasteiger partial charge in [-0.25, -0.2) is 4.98 Å². The van der Waals surface area contributed by atoms with Crippen LogP contribution in [0.3, 0.4) is 0 Å². The van der Waals surface area contributed by atoms with Crippen molar-refractivity contribution >= 4 is 21.8 Å². The normalized spacial score (nSPS) is 12.2. The molecule has 1 unspecified atom stereocenters. The van der Waals surface area contributed by atoms with Crippen molar-refractivity contribution in [1.29, 1.82) is 0 Å². The first-order valence-electron chi connectivity index (χ1n) is 18.9. The number of pyridine rings is 1. The van der Waals surface area contributed by atoms with Crippen LogP contribution in [0.5, 0.6) is 11.5 Å². The van der Waals surface area contributed by atoms with Gasteiger partial charge in [-0.15, -0.1) is 35.7 Å². The van der Waals surface area contributed by atoms with Gasteiger partial charge < -0.3 is 9.30 Å². The predicted molar refractivity (Wildman–Crippen MR) is 215 cm³/mol. The van der Waals surface area contributed by atoms with E-state index < -0.39 is 0 Å². The minimum absolute atomic E-state index is 0. The number of nitrogens with zero attached hydrogens (tertiary/aromatic N) is 4. The maximum atomic E-state index is 6.53. The smallest absolute Gasteiger partial charge is 0.509 e. The minimum Gasteiger partial charge on any atom is -0.509 e. The molecule has 0 aliphatic heterocycles. The van der Waals surface area contributed by atoms with E-state index in [1.165, 1.54) is 35.8 Å². The van der Waals surface area contributed by atoms with E-state index in [0.717, 1.165) is 69.2 Å². The summed E-state index contributed by atoms with van der Waals surface area (Å²) in [6, 6.07) is 39.0. The fourth-order valence-electron chi connectivity index (χ4n) is 7.38. The van der Waals surface area contributed by atoms with Crippen molar-refractivity contribution in [2.75, 3.05) is 0 Å². The molecule has 0 saturated heterocycles. The van der Waals surface area contributed by atoms with Gasteiger partial charge in [-0.1, -0.05) is 95.4 Å². The van der Waals surface area contributed by atoms with Crippen molar-refractivity contribution < 1.29 is 25.8 Å². The molecule has 53 heavy (non-hydrogen) atoms. The molecule has 0 aliphatic rings. The number of rotatable bonds is 13. The van der Waals surface area contributed by atoms with E-state index in [1.54, 1.807) is 0 Å². The number of aryl methyl sites for hydroxylation is 2. The molecule has 0 N–H and O–H groups in total. The Morgan fingerprint density at radius 3 is 2.28 bits per heavy atom. The molecule has 0 saturated carbocycles. The van der Waals surface area contributed by atoms with Crippen molar-refractivity contribution in [3.8, 4) is 34.1 Å². The van der Waals surface area contributed by atoms with Crippen LogP contribution in [-0.2, 0) is 27.5 Å². The molecule has 0 bridgehead atoms. The first kappa shape index (κ1) is 38.3. The molecule has 0 spiro atoms. The number of benzene rings is 4. The van der Waals surface area contributed by atoms with Crippen LogP contribution in [0, 0.1) is 37.8 Å². The summed E-state index contributed by atoms with van der Waals surface area (Å²) in [7, 11) is 0. The van der Waals surface area contributed by atoms with E-state index in [2.05, 4.69) is 126 Å². The molecule has 0 fully saturated rings. The summed E-state index contributed by atoms with van der Waals surface area (Å²) < 4.78 is 10.7. The van der Waals surface area contributed by atoms with Gasteiger partial charge >= 0.3 is 21.1 Å². The molecular weight excluding hydrogens is 832 g/mol. The second-order valence-corrected chi connectivity index (χ2v) is 15.2. The molecule has 274 valence electrons. The second kappa shape index (κ2) is 16.7. The Bertz CT molecular complexity index is 2320. The molecule has 0 aliphatic carbocycles. The van der Waals surface area contributed by atoms with E-state index >= 15 is 0 Å². The van der Waals surface area contributed by atoms with Crippen molar-refractivity contribution in [3.63, 3.8) is 0 Å².